The van der Waals surface area contributed by atoms with Crippen LogP contribution >= 0.6 is 0 Å². The monoisotopic (exact) mass is 274 g/mol. The third-order valence-corrected chi connectivity index (χ3v) is 2.98. The summed E-state index contributed by atoms with van der Waals surface area (Å²) in [4.78, 5) is 4.26. The summed E-state index contributed by atoms with van der Waals surface area (Å²) in [5.41, 5.74) is 6.14. The Morgan fingerprint density at radius 3 is 2.80 bits per heavy atom. The summed E-state index contributed by atoms with van der Waals surface area (Å²) >= 11 is 0. The number of ether oxygens (including phenoxy) is 1. The van der Waals surface area contributed by atoms with Crippen molar-refractivity contribution >= 4 is 5.84 Å². The minimum Gasteiger partial charge on any atom is -0.492 e. The highest BCUT2D eigenvalue weighted by Crippen LogP contribution is 2.12. The molecule has 0 amide bonds. The van der Waals surface area contributed by atoms with Crippen molar-refractivity contribution in [1.82, 2.24) is 9.55 Å². The number of amidine groups is 1. The van der Waals surface area contributed by atoms with E-state index in [0.717, 1.165) is 24.5 Å². The molecule has 0 saturated heterocycles. The van der Waals surface area contributed by atoms with E-state index in [1.165, 1.54) is 0 Å². The van der Waals surface area contributed by atoms with E-state index in [-0.39, 0.29) is 5.84 Å². The van der Waals surface area contributed by atoms with E-state index in [9.17, 15) is 0 Å². The largest absolute Gasteiger partial charge is 0.492 e. The molecule has 0 spiro atoms. The van der Waals surface area contributed by atoms with Crippen molar-refractivity contribution in [2.75, 3.05) is 6.61 Å². The van der Waals surface area contributed by atoms with Gasteiger partial charge in [-0.2, -0.15) is 0 Å². The lowest BCUT2D eigenvalue weighted by Gasteiger charge is -2.09. The molecule has 3 N–H and O–H groups in total. The molecule has 1 aromatic carbocycles. The van der Waals surface area contributed by atoms with Gasteiger partial charge in [-0.05, 0) is 24.3 Å². The highest BCUT2D eigenvalue weighted by molar-refractivity contribution is 5.97. The predicted molar refractivity (Wildman–Crippen MR) is 76.1 cm³/mol. The zero-order valence-corrected chi connectivity index (χ0v) is 11.4. The Labute approximate surface area is 117 Å². The van der Waals surface area contributed by atoms with E-state index in [1.54, 1.807) is 30.5 Å². The van der Waals surface area contributed by atoms with Crippen molar-refractivity contribution in [3.63, 3.8) is 0 Å². The zero-order chi connectivity index (χ0) is 14.4. The molecule has 0 aliphatic heterocycles. The first-order valence-electron chi connectivity index (χ1n) is 6.45. The Morgan fingerprint density at radius 2 is 2.15 bits per heavy atom. The molecule has 0 radical (unpaired) electrons. The highest BCUT2D eigenvalue weighted by atomic mass is 16.5. The van der Waals surface area contributed by atoms with Crippen LogP contribution in [0.5, 0.6) is 5.75 Å². The Balaban J connectivity index is 1.88. The summed E-state index contributed by atoms with van der Waals surface area (Å²) < 4.78 is 7.73. The van der Waals surface area contributed by atoms with Crippen LogP contribution in [0.2, 0.25) is 0 Å². The quantitative estimate of drug-likeness (QED) is 0.363. The normalized spacial score (nSPS) is 11.6. The molecule has 2 aromatic rings. The fourth-order valence-electron chi connectivity index (χ4n) is 1.90. The molecule has 0 aliphatic carbocycles. The number of hydrogen-bond acceptors (Lipinski definition) is 4. The molecule has 0 saturated carbocycles. The van der Waals surface area contributed by atoms with E-state index in [1.807, 2.05) is 6.20 Å². The Kier molecular flexibility index (Phi) is 4.60. The molecular formula is C14H18N4O2. The summed E-state index contributed by atoms with van der Waals surface area (Å²) in [5, 5.41) is 11.5. The second-order valence-electron chi connectivity index (χ2n) is 4.25. The molecule has 2 rings (SSSR count). The minimum absolute atomic E-state index is 0.0857. The molecule has 0 fully saturated rings. The summed E-state index contributed by atoms with van der Waals surface area (Å²) in [6, 6.07) is 7.09. The molecule has 20 heavy (non-hydrogen) atoms. The number of oxime groups is 1. The summed E-state index contributed by atoms with van der Waals surface area (Å²) in [5.74, 6) is 1.89. The Bertz CT molecular complexity index is 575. The number of rotatable bonds is 6. The van der Waals surface area contributed by atoms with Crippen LogP contribution in [0.3, 0.4) is 0 Å². The Hall–Kier alpha value is -2.50. The van der Waals surface area contributed by atoms with Gasteiger partial charge >= 0.3 is 0 Å². The number of benzene rings is 1. The molecule has 0 unspecified atom stereocenters. The van der Waals surface area contributed by atoms with Gasteiger partial charge in [-0.25, -0.2) is 4.98 Å². The van der Waals surface area contributed by atoms with Crippen LogP contribution < -0.4 is 10.5 Å². The van der Waals surface area contributed by atoms with Gasteiger partial charge in [0.25, 0.3) is 0 Å². The number of aryl methyl sites for hydroxylation is 1. The SMILES string of the molecule is CCc1nccn1CCOc1ccc(C(N)=NO)cc1. The van der Waals surface area contributed by atoms with Crippen LogP contribution in [0.15, 0.2) is 41.8 Å². The predicted octanol–water partition coefficient (Wildman–Crippen LogP) is 1.62. The lowest BCUT2D eigenvalue weighted by molar-refractivity contribution is 0.296. The van der Waals surface area contributed by atoms with Gasteiger partial charge in [-0.3, -0.25) is 0 Å². The zero-order valence-electron chi connectivity index (χ0n) is 11.4. The molecule has 0 bridgehead atoms. The number of hydrogen-bond donors (Lipinski definition) is 2. The van der Waals surface area contributed by atoms with Crippen LogP contribution in [0.4, 0.5) is 0 Å². The third kappa shape index (κ3) is 3.28. The lowest BCUT2D eigenvalue weighted by atomic mass is 10.2. The van der Waals surface area contributed by atoms with E-state index in [2.05, 4.69) is 21.6 Å². The van der Waals surface area contributed by atoms with Gasteiger partial charge in [-0.15, -0.1) is 0 Å². The van der Waals surface area contributed by atoms with Crippen LogP contribution in [0.1, 0.15) is 18.3 Å². The van der Waals surface area contributed by atoms with Crippen LogP contribution in [-0.4, -0.2) is 27.2 Å². The second-order valence-corrected chi connectivity index (χ2v) is 4.25. The number of nitrogens with zero attached hydrogens (tertiary/aromatic N) is 3. The van der Waals surface area contributed by atoms with E-state index in [4.69, 9.17) is 15.7 Å². The average Bonchev–Trinajstić information content (AvgIpc) is 2.94. The average molecular weight is 274 g/mol. The number of imidazole rings is 1. The van der Waals surface area contributed by atoms with Crippen molar-refractivity contribution in [1.29, 1.82) is 0 Å². The first-order valence-corrected chi connectivity index (χ1v) is 6.45. The van der Waals surface area contributed by atoms with Crippen LogP contribution in [-0.2, 0) is 13.0 Å². The first-order chi connectivity index (χ1) is 9.74. The molecule has 1 heterocycles. The van der Waals surface area contributed by atoms with Crippen molar-refractivity contribution < 1.29 is 9.94 Å². The van der Waals surface area contributed by atoms with Gasteiger partial charge in [0, 0.05) is 24.4 Å². The maximum absolute atomic E-state index is 8.58. The Morgan fingerprint density at radius 1 is 1.40 bits per heavy atom. The summed E-state index contributed by atoms with van der Waals surface area (Å²) in [6.45, 7) is 3.39. The maximum atomic E-state index is 8.58. The van der Waals surface area contributed by atoms with E-state index >= 15 is 0 Å². The molecule has 6 nitrogen and oxygen atoms in total. The standard InChI is InChI=1S/C14H18N4O2/c1-2-13-16-7-8-18(13)9-10-20-12-5-3-11(4-6-12)14(15)17-19/h3-8,19H,2,9-10H2,1H3,(H2,15,17). The molecule has 1 aromatic heterocycles. The summed E-state index contributed by atoms with van der Waals surface area (Å²) in [6.07, 6.45) is 4.65. The third-order valence-electron chi connectivity index (χ3n) is 2.98. The number of nitrogens with two attached hydrogens (primary N) is 1. The molecule has 0 aliphatic rings. The van der Waals surface area contributed by atoms with E-state index < -0.39 is 0 Å². The molecular weight excluding hydrogens is 256 g/mol. The van der Waals surface area contributed by atoms with Crippen molar-refractivity contribution in [3.8, 4) is 5.75 Å². The van der Waals surface area contributed by atoms with Gasteiger partial charge in [0.1, 0.15) is 18.2 Å². The molecule has 0 atom stereocenters. The van der Waals surface area contributed by atoms with E-state index in [0.29, 0.717) is 12.2 Å². The smallest absolute Gasteiger partial charge is 0.170 e. The van der Waals surface area contributed by atoms with Gasteiger partial charge in [0.05, 0.1) is 6.54 Å². The second kappa shape index (κ2) is 6.60. The highest BCUT2D eigenvalue weighted by Gasteiger charge is 2.02. The maximum Gasteiger partial charge on any atom is 0.170 e. The van der Waals surface area contributed by atoms with Crippen molar-refractivity contribution in [3.05, 3.63) is 48.0 Å². The van der Waals surface area contributed by atoms with Gasteiger partial charge in [0.15, 0.2) is 5.84 Å². The van der Waals surface area contributed by atoms with Gasteiger partial charge in [0.2, 0.25) is 0 Å². The number of aromatic nitrogens is 2. The van der Waals surface area contributed by atoms with Gasteiger partial charge < -0.3 is 20.2 Å². The summed E-state index contributed by atoms with van der Waals surface area (Å²) in [7, 11) is 0. The molecule has 106 valence electrons. The van der Waals surface area contributed by atoms with Gasteiger partial charge in [-0.1, -0.05) is 12.1 Å². The first kappa shape index (κ1) is 13.9. The minimum atomic E-state index is 0.0857. The van der Waals surface area contributed by atoms with Crippen molar-refractivity contribution in [2.45, 2.75) is 19.9 Å². The van der Waals surface area contributed by atoms with Crippen LogP contribution in [0.25, 0.3) is 0 Å². The molecule has 6 heteroatoms. The van der Waals surface area contributed by atoms with Crippen LogP contribution in [0, 0.1) is 0 Å². The fraction of sp³-hybridized carbons (Fsp3) is 0.286. The topological polar surface area (TPSA) is 85.7 Å². The lowest BCUT2D eigenvalue weighted by Crippen LogP contribution is -2.13. The van der Waals surface area contributed by atoms with Crippen molar-refractivity contribution in [2.24, 2.45) is 10.9 Å². The fourth-order valence-corrected chi connectivity index (χ4v) is 1.90.